The fourth-order valence-electron chi connectivity index (χ4n) is 3.35. The monoisotopic (exact) mass is 411 g/mol. The quantitative estimate of drug-likeness (QED) is 0.699. The molecule has 3 aromatic rings. The number of nitrogens with one attached hydrogen (secondary N) is 1. The van der Waals surface area contributed by atoms with E-state index in [9.17, 15) is 13.2 Å². The first-order chi connectivity index (χ1) is 14.0. The predicted octanol–water partition coefficient (Wildman–Crippen LogP) is 1.50. The number of hydrogen-bond donors (Lipinski definition) is 1. The Hall–Kier alpha value is -3.04. The molecule has 1 saturated heterocycles. The van der Waals surface area contributed by atoms with E-state index in [0.717, 1.165) is 10.8 Å². The minimum absolute atomic E-state index is 0.247. The number of piperazine rings is 1. The molecule has 9 heteroatoms. The molecule has 1 aliphatic rings. The van der Waals surface area contributed by atoms with Crippen LogP contribution < -0.4 is 10.2 Å². The molecule has 0 bridgehead atoms. The first kappa shape index (κ1) is 19.3. The molecule has 29 heavy (non-hydrogen) atoms. The smallest absolute Gasteiger partial charge is 0.254 e. The number of amides is 1. The van der Waals surface area contributed by atoms with Crippen molar-refractivity contribution in [3.05, 3.63) is 60.4 Å². The fourth-order valence-corrected chi connectivity index (χ4v) is 4.81. The lowest BCUT2D eigenvalue weighted by Crippen LogP contribution is -2.49. The maximum absolute atomic E-state index is 13.1. The minimum Gasteiger partial charge on any atom is -0.355 e. The summed E-state index contributed by atoms with van der Waals surface area (Å²) in [6.07, 6.45) is 2.94. The zero-order valence-corrected chi connectivity index (χ0v) is 16.8. The summed E-state index contributed by atoms with van der Waals surface area (Å²) < 4.78 is 27.6. The van der Waals surface area contributed by atoms with Crippen molar-refractivity contribution in [2.45, 2.75) is 4.90 Å². The van der Waals surface area contributed by atoms with E-state index in [1.165, 1.54) is 16.7 Å². The lowest BCUT2D eigenvalue weighted by molar-refractivity contribution is 0.0962. The summed E-state index contributed by atoms with van der Waals surface area (Å²) in [7, 11) is -2.02. The van der Waals surface area contributed by atoms with E-state index in [1.54, 1.807) is 19.2 Å². The zero-order valence-electron chi connectivity index (χ0n) is 15.9. The second-order valence-corrected chi connectivity index (χ2v) is 8.69. The Balaban J connectivity index is 1.47. The van der Waals surface area contributed by atoms with Crippen molar-refractivity contribution in [1.29, 1.82) is 0 Å². The number of nitrogens with zero attached hydrogens (tertiary/aromatic N) is 4. The molecule has 2 aromatic carbocycles. The van der Waals surface area contributed by atoms with Crippen molar-refractivity contribution in [2.24, 2.45) is 0 Å². The van der Waals surface area contributed by atoms with Gasteiger partial charge in [0.05, 0.1) is 10.5 Å². The Bertz CT molecular complexity index is 1140. The van der Waals surface area contributed by atoms with Gasteiger partial charge in [-0.15, -0.1) is 0 Å². The summed E-state index contributed by atoms with van der Waals surface area (Å²) in [6, 6.07) is 12.9. The number of carbonyl (C=O) groups excluding carboxylic acids is 1. The maximum atomic E-state index is 13.1. The topological polar surface area (TPSA) is 95.5 Å². The maximum Gasteiger partial charge on any atom is 0.254 e. The van der Waals surface area contributed by atoms with Crippen LogP contribution in [0.15, 0.2) is 59.8 Å². The van der Waals surface area contributed by atoms with Gasteiger partial charge in [0.2, 0.25) is 16.0 Å². The zero-order chi connectivity index (χ0) is 20.4. The Morgan fingerprint density at radius 3 is 2.28 bits per heavy atom. The van der Waals surface area contributed by atoms with Gasteiger partial charge in [0.15, 0.2) is 0 Å². The highest BCUT2D eigenvalue weighted by atomic mass is 32.2. The first-order valence-corrected chi connectivity index (χ1v) is 10.7. The Morgan fingerprint density at radius 1 is 0.966 bits per heavy atom. The van der Waals surface area contributed by atoms with Crippen molar-refractivity contribution in [2.75, 3.05) is 38.1 Å². The van der Waals surface area contributed by atoms with E-state index >= 15 is 0 Å². The average Bonchev–Trinajstić information content (AvgIpc) is 2.78. The van der Waals surface area contributed by atoms with Gasteiger partial charge in [-0.2, -0.15) is 4.31 Å². The van der Waals surface area contributed by atoms with Gasteiger partial charge in [0.1, 0.15) is 0 Å². The van der Waals surface area contributed by atoms with Crippen LogP contribution in [0.2, 0.25) is 0 Å². The molecule has 8 nitrogen and oxygen atoms in total. The number of benzene rings is 2. The third-order valence-electron chi connectivity index (χ3n) is 5.01. The van der Waals surface area contributed by atoms with E-state index in [1.807, 2.05) is 35.2 Å². The molecule has 0 radical (unpaired) electrons. The summed E-state index contributed by atoms with van der Waals surface area (Å²) in [5.74, 6) is 0.239. The van der Waals surface area contributed by atoms with Crippen molar-refractivity contribution >= 4 is 32.7 Å². The molecule has 0 aliphatic carbocycles. The molecule has 0 saturated carbocycles. The Morgan fingerprint density at radius 2 is 1.62 bits per heavy atom. The molecule has 1 N–H and O–H groups in total. The summed E-state index contributed by atoms with van der Waals surface area (Å²) in [6.45, 7) is 1.64. The number of rotatable bonds is 4. The van der Waals surface area contributed by atoms with Gasteiger partial charge in [-0.1, -0.05) is 30.3 Å². The third kappa shape index (κ3) is 3.79. The normalized spacial score (nSPS) is 15.4. The summed E-state index contributed by atoms with van der Waals surface area (Å²) in [5.41, 5.74) is 0.383. The number of carbonyl (C=O) groups is 1. The number of aromatic nitrogens is 2. The highest BCUT2D eigenvalue weighted by molar-refractivity contribution is 7.89. The molecule has 1 fully saturated rings. The molecule has 1 aromatic heterocycles. The van der Waals surface area contributed by atoms with Crippen molar-refractivity contribution in [3.8, 4) is 0 Å². The van der Waals surface area contributed by atoms with Crippen molar-refractivity contribution in [1.82, 2.24) is 19.6 Å². The molecule has 1 amide bonds. The summed E-state index contributed by atoms with van der Waals surface area (Å²) >= 11 is 0. The molecule has 1 aliphatic heterocycles. The molecule has 0 atom stereocenters. The molecule has 2 heterocycles. The van der Waals surface area contributed by atoms with E-state index < -0.39 is 10.0 Å². The minimum atomic E-state index is -3.57. The van der Waals surface area contributed by atoms with Crippen LogP contribution in [0.25, 0.3) is 10.8 Å². The van der Waals surface area contributed by atoms with Crippen LogP contribution in [0.1, 0.15) is 10.4 Å². The second kappa shape index (κ2) is 7.76. The Kier molecular flexibility index (Phi) is 5.16. The summed E-state index contributed by atoms with van der Waals surface area (Å²) in [5, 5.41) is 4.43. The van der Waals surface area contributed by atoms with Crippen LogP contribution in [0.3, 0.4) is 0 Å². The van der Waals surface area contributed by atoms with Crippen LogP contribution >= 0.6 is 0 Å². The number of fused-ring (bicyclic) bond motifs is 1. The van der Waals surface area contributed by atoms with Gasteiger partial charge in [0, 0.05) is 45.6 Å². The van der Waals surface area contributed by atoms with Crippen LogP contribution in [-0.4, -0.2) is 61.8 Å². The number of sulfonamides is 1. The molecular formula is C20H21N5O3S. The van der Waals surface area contributed by atoms with Gasteiger partial charge < -0.3 is 10.2 Å². The fraction of sp³-hybridized carbons (Fsp3) is 0.250. The van der Waals surface area contributed by atoms with Gasteiger partial charge in [0.25, 0.3) is 5.91 Å². The lowest BCUT2D eigenvalue weighted by Gasteiger charge is -2.34. The van der Waals surface area contributed by atoms with Crippen LogP contribution in [0.5, 0.6) is 0 Å². The van der Waals surface area contributed by atoms with Crippen LogP contribution in [0, 0.1) is 0 Å². The van der Waals surface area contributed by atoms with E-state index in [-0.39, 0.29) is 5.91 Å². The van der Waals surface area contributed by atoms with Crippen LogP contribution in [0.4, 0.5) is 5.95 Å². The van der Waals surface area contributed by atoms with E-state index in [0.29, 0.717) is 42.6 Å². The third-order valence-corrected chi connectivity index (χ3v) is 6.90. The molecule has 4 rings (SSSR count). The predicted molar refractivity (Wildman–Crippen MR) is 110 cm³/mol. The molecule has 0 unspecified atom stereocenters. The number of anilines is 1. The van der Waals surface area contributed by atoms with Gasteiger partial charge in [-0.25, -0.2) is 18.4 Å². The molecule has 150 valence electrons. The Labute approximate surface area is 169 Å². The molecule has 0 spiro atoms. The average molecular weight is 411 g/mol. The lowest BCUT2D eigenvalue weighted by atomic mass is 10.1. The second-order valence-electron chi connectivity index (χ2n) is 6.75. The van der Waals surface area contributed by atoms with Crippen molar-refractivity contribution in [3.63, 3.8) is 0 Å². The van der Waals surface area contributed by atoms with Gasteiger partial charge in [-0.05, 0) is 22.9 Å². The van der Waals surface area contributed by atoms with Gasteiger partial charge in [-0.3, -0.25) is 4.79 Å². The van der Waals surface area contributed by atoms with Crippen LogP contribution in [-0.2, 0) is 10.0 Å². The first-order valence-electron chi connectivity index (χ1n) is 9.27. The van der Waals surface area contributed by atoms with Gasteiger partial charge >= 0.3 is 0 Å². The summed E-state index contributed by atoms with van der Waals surface area (Å²) in [4.78, 5) is 22.3. The highest BCUT2D eigenvalue weighted by Gasteiger charge is 2.29. The van der Waals surface area contributed by atoms with E-state index in [4.69, 9.17) is 0 Å². The largest absolute Gasteiger partial charge is 0.355 e. The molecular weight excluding hydrogens is 390 g/mol. The number of hydrogen-bond acceptors (Lipinski definition) is 6. The van der Waals surface area contributed by atoms with Crippen molar-refractivity contribution < 1.29 is 13.2 Å². The van der Waals surface area contributed by atoms with E-state index in [2.05, 4.69) is 15.3 Å². The standard InChI is InChI=1S/C20H21N5O3S/c1-21-19(26)17-13-22-20(23-14-17)24-8-10-25(11-9-24)29(27,28)18-7-6-15-4-2-3-5-16(15)12-18/h2-7,12-14H,8-11H2,1H3,(H,21,26). The highest BCUT2D eigenvalue weighted by Crippen LogP contribution is 2.23. The SMILES string of the molecule is CNC(=O)c1cnc(N2CCN(S(=O)(=O)c3ccc4ccccc4c3)CC2)nc1.